The van der Waals surface area contributed by atoms with Crippen molar-refractivity contribution in [2.75, 3.05) is 20.2 Å². The van der Waals surface area contributed by atoms with Gasteiger partial charge in [0.2, 0.25) is 5.88 Å². The summed E-state index contributed by atoms with van der Waals surface area (Å²) in [6.07, 6.45) is 2.16. The maximum absolute atomic E-state index is 10.7. The van der Waals surface area contributed by atoms with E-state index in [1.54, 1.807) is 7.11 Å². The molecular formula is C27H35N3O3. The molecule has 0 bridgehead atoms. The van der Waals surface area contributed by atoms with E-state index >= 15 is 0 Å². The Morgan fingerprint density at radius 1 is 1.09 bits per heavy atom. The molecule has 0 saturated heterocycles. The molecule has 0 radical (unpaired) electrons. The largest absolute Gasteiger partial charge is 0.497 e. The van der Waals surface area contributed by atoms with Gasteiger partial charge in [0.15, 0.2) is 0 Å². The molecule has 1 aliphatic carbocycles. The van der Waals surface area contributed by atoms with Gasteiger partial charge in [-0.3, -0.25) is 4.90 Å². The quantitative estimate of drug-likeness (QED) is 0.440. The second-order valence-electron chi connectivity index (χ2n) is 9.35. The zero-order valence-electron chi connectivity index (χ0n) is 20.1. The molecule has 0 spiro atoms. The predicted molar refractivity (Wildman–Crippen MR) is 131 cm³/mol. The highest BCUT2D eigenvalue weighted by Gasteiger charge is 2.29. The van der Waals surface area contributed by atoms with Crippen LogP contribution in [0.2, 0.25) is 0 Å². The lowest BCUT2D eigenvalue weighted by molar-refractivity contribution is 0.0709. The molecule has 2 aromatic carbocycles. The standard InChI is InChI=1S/C27H35N3O3/c1-19(2)25(31)18-30(16-20-13-14-20)17-24-26(21-9-6-5-7-10-21)28-29(3)27(24)33-23-12-8-11-22(15-23)32-4/h5-12,15,19-20,25,31H,13-14,16-18H2,1-4H3/t25-/m1/s1. The first kappa shape index (κ1) is 23.3. The Morgan fingerprint density at radius 3 is 2.48 bits per heavy atom. The van der Waals surface area contributed by atoms with Crippen LogP contribution in [-0.4, -0.2) is 46.1 Å². The molecule has 4 rings (SSSR count). The Kier molecular flexibility index (Phi) is 7.36. The summed E-state index contributed by atoms with van der Waals surface area (Å²) in [7, 11) is 3.57. The van der Waals surface area contributed by atoms with Crippen molar-refractivity contribution in [3.05, 3.63) is 60.2 Å². The molecule has 1 fully saturated rings. The van der Waals surface area contributed by atoms with E-state index in [0.29, 0.717) is 30.6 Å². The van der Waals surface area contributed by atoms with Gasteiger partial charge < -0.3 is 14.6 Å². The second kappa shape index (κ2) is 10.4. The molecule has 1 N–H and O–H groups in total. The number of aliphatic hydroxyl groups excluding tert-OH is 1. The van der Waals surface area contributed by atoms with Crippen molar-refractivity contribution in [3.63, 3.8) is 0 Å². The summed E-state index contributed by atoms with van der Waals surface area (Å²) in [6.45, 7) is 6.41. The van der Waals surface area contributed by atoms with Crippen LogP contribution in [0.4, 0.5) is 0 Å². The third-order valence-electron chi connectivity index (χ3n) is 6.20. The fourth-order valence-electron chi connectivity index (χ4n) is 4.00. The molecule has 176 valence electrons. The van der Waals surface area contributed by atoms with Crippen molar-refractivity contribution in [3.8, 4) is 28.6 Å². The van der Waals surface area contributed by atoms with Crippen molar-refractivity contribution >= 4 is 0 Å². The average molecular weight is 450 g/mol. The predicted octanol–water partition coefficient (Wildman–Crippen LogP) is 5.12. The van der Waals surface area contributed by atoms with Crippen LogP contribution < -0.4 is 9.47 Å². The third kappa shape index (κ3) is 5.95. The fourth-order valence-corrected chi connectivity index (χ4v) is 4.00. The van der Waals surface area contributed by atoms with Crippen LogP contribution in [0.15, 0.2) is 54.6 Å². The van der Waals surface area contributed by atoms with Crippen LogP contribution in [0.1, 0.15) is 32.3 Å². The maximum atomic E-state index is 10.7. The summed E-state index contributed by atoms with van der Waals surface area (Å²) in [5.74, 6) is 3.08. The average Bonchev–Trinajstić information content (AvgIpc) is 3.59. The first-order chi connectivity index (χ1) is 15.9. The maximum Gasteiger partial charge on any atom is 0.222 e. The number of methoxy groups -OCH3 is 1. The first-order valence-corrected chi connectivity index (χ1v) is 11.8. The number of ether oxygens (including phenoxy) is 2. The van der Waals surface area contributed by atoms with E-state index in [2.05, 4.69) is 30.9 Å². The van der Waals surface area contributed by atoms with Crippen LogP contribution in [-0.2, 0) is 13.6 Å². The molecular weight excluding hydrogens is 414 g/mol. The van der Waals surface area contributed by atoms with Gasteiger partial charge in [-0.05, 0) is 36.8 Å². The number of nitrogens with zero attached hydrogens (tertiary/aromatic N) is 3. The summed E-state index contributed by atoms with van der Waals surface area (Å²) < 4.78 is 13.6. The molecule has 1 aliphatic rings. The normalized spacial score (nSPS) is 14.6. The van der Waals surface area contributed by atoms with E-state index in [0.717, 1.165) is 29.1 Å². The summed E-state index contributed by atoms with van der Waals surface area (Å²) in [4.78, 5) is 2.37. The highest BCUT2D eigenvalue weighted by molar-refractivity contribution is 5.65. The van der Waals surface area contributed by atoms with Crippen LogP contribution in [0.3, 0.4) is 0 Å². The van der Waals surface area contributed by atoms with Crippen molar-refractivity contribution < 1.29 is 14.6 Å². The summed E-state index contributed by atoms with van der Waals surface area (Å²) in [5, 5.41) is 15.5. The van der Waals surface area contributed by atoms with Gasteiger partial charge in [0.25, 0.3) is 0 Å². The number of aliphatic hydroxyl groups is 1. The van der Waals surface area contributed by atoms with E-state index in [9.17, 15) is 5.11 Å². The monoisotopic (exact) mass is 449 g/mol. The topological polar surface area (TPSA) is 59.8 Å². The number of aryl methyl sites for hydroxylation is 1. The van der Waals surface area contributed by atoms with E-state index in [1.807, 2.05) is 54.2 Å². The highest BCUT2D eigenvalue weighted by atomic mass is 16.5. The molecule has 33 heavy (non-hydrogen) atoms. The Labute approximate surface area is 196 Å². The third-order valence-corrected chi connectivity index (χ3v) is 6.20. The minimum absolute atomic E-state index is 0.210. The molecule has 3 aromatic rings. The molecule has 0 amide bonds. The van der Waals surface area contributed by atoms with Crippen molar-refractivity contribution in [2.45, 2.75) is 39.3 Å². The van der Waals surface area contributed by atoms with Gasteiger partial charge >= 0.3 is 0 Å². The van der Waals surface area contributed by atoms with Gasteiger partial charge in [-0.2, -0.15) is 5.10 Å². The molecule has 0 unspecified atom stereocenters. The van der Waals surface area contributed by atoms with Crippen LogP contribution in [0, 0.1) is 11.8 Å². The van der Waals surface area contributed by atoms with Crippen LogP contribution in [0.25, 0.3) is 11.3 Å². The zero-order valence-corrected chi connectivity index (χ0v) is 20.1. The Morgan fingerprint density at radius 2 is 1.82 bits per heavy atom. The molecule has 1 saturated carbocycles. The molecule has 6 heteroatoms. The Bertz CT molecular complexity index is 1040. The van der Waals surface area contributed by atoms with Gasteiger partial charge in [0.1, 0.15) is 17.2 Å². The van der Waals surface area contributed by atoms with Crippen LogP contribution >= 0.6 is 0 Å². The second-order valence-corrected chi connectivity index (χ2v) is 9.35. The van der Waals surface area contributed by atoms with Gasteiger partial charge in [-0.15, -0.1) is 0 Å². The molecule has 1 heterocycles. The molecule has 1 aromatic heterocycles. The van der Waals surface area contributed by atoms with Gasteiger partial charge in [0.05, 0.1) is 18.8 Å². The van der Waals surface area contributed by atoms with E-state index in [4.69, 9.17) is 14.6 Å². The number of aromatic nitrogens is 2. The highest BCUT2D eigenvalue weighted by Crippen LogP contribution is 2.36. The minimum Gasteiger partial charge on any atom is -0.497 e. The number of hydrogen-bond donors (Lipinski definition) is 1. The summed E-state index contributed by atoms with van der Waals surface area (Å²) in [6, 6.07) is 17.8. The molecule has 0 aliphatic heterocycles. The summed E-state index contributed by atoms with van der Waals surface area (Å²) >= 11 is 0. The summed E-state index contributed by atoms with van der Waals surface area (Å²) in [5.41, 5.74) is 3.00. The first-order valence-electron chi connectivity index (χ1n) is 11.8. The number of rotatable bonds is 11. The lowest BCUT2D eigenvalue weighted by atomic mass is 10.0. The number of hydrogen-bond acceptors (Lipinski definition) is 5. The van der Waals surface area contributed by atoms with Crippen molar-refractivity contribution in [1.82, 2.24) is 14.7 Å². The van der Waals surface area contributed by atoms with E-state index < -0.39 is 0 Å². The van der Waals surface area contributed by atoms with Crippen LogP contribution in [0.5, 0.6) is 17.4 Å². The van der Waals surface area contributed by atoms with Gasteiger partial charge in [-0.1, -0.05) is 50.2 Å². The molecule has 1 atom stereocenters. The van der Waals surface area contributed by atoms with Gasteiger partial charge in [-0.25, -0.2) is 4.68 Å². The van der Waals surface area contributed by atoms with Crippen molar-refractivity contribution in [1.29, 1.82) is 0 Å². The lowest BCUT2D eigenvalue weighted by Crippen LogP contribution is -2.36. The Hall–Kier alpha value is -2.83. The number of benzene rings is 2. The van der Waals surface area contributed by atoms with Gasteiger partial charge in [0, 0.05) is 38.3 Å². The molecule has 6 nitrogen and oxygen atoms in total. The fraction of sp³-hybridized carbons (Fsp3) is 0.444. The SMILES string of the molecule is COc1cccc(Oc2c(CN(CC3CC3)C[C@@H](O)C(C)C)c(-c3ccccc3)nn2C)c1. The van der Waals surface area contributed by atoms with E-state index in [1.165, 1.54) is 12.8 Å². The minimum atomic E-state index is -0.372. The zero-order chi connectivity index (χ0) is 23.4. The lowest BCUT2D eigenvalue weighted by Gasteiger charge is -2.27. The smallest absolute Gasteiger partial charge is 0.222 e. The van der Waals surface area contributed by atoms with E-state index in [-0.39, 0.29) is 12.0 Å². The van der Waals surface area contributed by atoms with Crippen molar-refractivity contribution in [2.24, 2.45) is 18.9 Å². The Balaban J connectivity index is 1.70.